The molecular formula is C38H24Cl2N2O7. The summed E-state index contributed by atoms with van der Waals surface area (Å²) in [7, 11) is 0. The van der Waals surface area contributed by atoms with E-state index < -0.39 is 59.7 Å². The molecule has 9 nitrogen and oxygen atoms in total. The molecule has 1 fully saturated rings. The Hall–Kier alpha value is -5.51. The van der Waals surface area contributed by atoms with E-state index in [1.54, 1.807) is 6.07 Å². The fourth-order valence-corrected chi connectivity index (χ4v) is 7.70. The molecule has 0 N–H and O–H groups in total. The van der Waals surface area contributed by atoms with Gasteiger partial charge in [-0.15, -0.1) is 0 Å². The first-order valence-electron chi connectivity index (χ1n) is 15.4. The Morgan fingerprint density at radius 1 is 0.694 bits per heavy atom. The number of esters is 1. The maximum absolute atomic E-state index is 14.5. The fraction of sp³-hybridized carbons (Fsp3) is 0.132. The van der Waals surface area contributed by atoms with Crippen molar-refractivity contribution >= 4 is 52.7 Å². The van der Waals surface area contributed by atoms with Gasteiger partial charge in [-0.1, -0.05) is 71.7 Å². The quantitative estimate of drug-likeness (QED) is 0.0787. The van der Waals surface area contributed by atoms with E-state index in [0.29, 0.717) is 0 Å². The van der Waals surface area contributed by atoms with Crippen LogP contribution in [0.25, 0.3) is 0 Å². The first kappa shape index (κ1) is 30.8. The summed E-state index contributed by atoms with van der Waals surface area (Å²) in [6.45, 7) is -0.642. The predicted molar refractivity (Wildman–Crippen MR) is 177 cm³/mol. The minimum atomic E-state index is -0.779. The molecule has 0 unspecified atom stereocenters. The number of benzene rings is 4. The van der Waals surface area contributed by atoms with Crippen molar-refractivity contribution in [1.82, 2.24) is 10.0 Å². The third-order valence-electron chi connectivity index (χ3n) is 9.47. The molecule has 1 aromatic heterocycles. The minimum Gasteiger partial charge on any atom is -0.457 e. The average Bonchev–Trinajstić information content (AvgIpc) is 3.76. The zero-order valence-corrected chi connectivity index (χ0v) is 26.9. The predicted octanol–water partition coefficient (Wildman–Crippen LogP) is 6.94. The second-order valence-electron chi connectivity index (χ2n) is 12.1. The summed E-state index contributed by atoms with van der Waals surface area (Å²) in [6, 6.07) is 28.5. The number of carbonyl (C=O) groups excluding carboxylic acids is 5. The first-order chi connectivity index (χ1) is 23.7. The van der Waals surface area contributed by atoms with Crippen molar-refractivity contribution in [3.8, 4) is 5.75 Å². The monoisotopic (exact) mass is 690 g/mol. The SMILES string of the molecule is O=C(CN(C(=O)c1ccc(Cl)c(Cl)c1)N1C(=O)[C@@H]2C3c4ccccc4C(c4ccccc43)[C@@H]2C1=O)c1ccc(OC(=O)c2ccco2)cc1. The van der Waals surface area contributed by atoms with Gasteiger partial charge in [0.15, 0.2) is 5.78 Å². The molecule has 0 spiro atoms. The number of nitrogens with zero attached hydrogens (tertiary/aromatic N) is 2. The third kappa shape index (κ3) is 4.96. The van der Waals surface area contributed by atoms with E-state index in [9.17, 15) is 24.0 Å². The number of halogens is 2. The van der Waals surface area contributed by atoms with Crippen LogP contribution in [0.4, 0.5) is 0 Å². The van der Waals surface area contributed by atoms with Crippen molar-refractivity contribution in [3.63, 3.8) is 0 Å². The molecule has 5 aromatic rings. The van der Waals surface area contributed by atoms with Crippen LogP contribution < -0.4 is 4.74 Å². The van der Waals surface area contributed by atoms with E-state index in [-0.39, 0.29) is 32.7 Å². The van der Waals surface area contributed by atoms with Gasteiger partial charge in [-0.2, -0.15) is 5.01 Å². The first-order valence-corrected chi connectivity index (χ1v) is 16.2. The normalized spacial score (nSPS) is 20.0. The van der Waals surface area contributed by atoms with E-state index in [4.69, 9.17) is 32.4 Å². The topological polar surface area (TPSA) is 114 Å². The molecule has 0 radical (unpaired) electrons. The van der Waals surface area contributed by atoms with Crippen molar-refractivity contribution in [2.45, 2.75) is 11.8 Å². The van der Waals surface area contributed by atoms with Gasteiger partial charge in [0.05, 0.1) is 28.1 Å². The summed E-state index contributed by atoms with van der Waals surface area (Å²) in [6.07, 6.45) is 1.34. The molecule has 2 heterocycles. The van der Waals surface area contributed by atoms with Crippen LogP contribution in [-0.2, 0) is 9.59 Å². The van der Waals surface area contributed by atoms with E-state index in [1.165, 1.54) is 54.8 Å². The van der Waals surface area contributed by atoms with Crippen molar-refractivity contribution in [3.05, 3.63) is 159 Å². The van der Waals surface area contributed by atoms with Gasteiger partial charge >= 0.3 is 5.97 Å². The van der Waals surface area contributed by atoms with Crippen LogP contribution in [0.5, 0.6) is 5.75 Å². The number of amides is 3. The summed E-state index contributed by atoms with van der Waals surface area (Å²) in [5, 5.41) is 2.06. The second-order valence-corrected chi connectivity index (χ2v) is 12.9. The Morgan fingerprint density at radius 2 is 1.24 bits per heavy atom. The van der Waals surface area contributed by atoms with Crippen molar-refractivity contribution in [2.24, 2.45) is 11.8 Å². The zero-order chi connectivity index (χ0) is 34.0. The number of carbonyl (C=O) groups is 5. The second kappa shape index (κ2) is 11.9. The summed E-state index contributed by atoms with van der Waals surface area (Å²) in [4.78, 5) is 69.3. The highest BCUT2D eigenvalue weighted by Gasteiger charge is 2.63. The molecule has 11 heteroatoms. The highest BCUT2D eigenvalue weighted by molar-refractivity contribution is 6.42. The molecule has 242 valence electrons. The highest BCUT2D eigenvalue weighted by atomic mass is 35.5. The van der Waals surface area contributed by atoms with Crippen LogP contribution in [0.2, 0.25) is 10.0 Å². The van der Waals surface area contributed by atoms with E-state index in [1.807, 2.05) is 48.5 Å². The van der Waals surface area contributed by atoms with E-state index in [0.717, 1.165) is 32.3 Å². The summed E-state index contributed by atoms with van der Waals surface area (Å²) in [5.41, 5.74) is 4.08. The van der Waals surface area contributed by atoms with Crippen LogP contribution in [0.3, 0.4) is 0 Å². The molecule has 3 aliphatic carbocycles. The molecule has 2 atom stereocenters. The lowest BCUT2D eigenvalue weighted by Gasteiger charge is -2.45. The Balaban J connectivity index is 1.14. The van der Waals surface area contributed by atoms with Gasteiger partial charge in [-0.25, -0.2) is 9.80 Å². The number of hydrogen-bond acceptors (Lipinski definition) is 7. The van der Waals surface area contributed by atoms with E-state index in [2.05, 4.69) is 0 Å². The van der Waals surface area contributed by atoms with Crippen LogP contribution in [-0.4, -0.2) is 46.0 Å². The lowest BCUT2D eigenvalue weighted by Crippen LogP contribution is -2.52. The maximum Gasteiger partial charge on any atom is 0.379 e. The van der Waals surface area contributed by atoms with Gasteiger partial charge in [-0.3, -0.25) is 19.2 Å². The molecule has 4 aliphatic rings. The number of rotatable bonds is 7. The molecule has 0 saturated carbocycles. The fourth-order valence-electron chi connectivity index (χ4n) is 7.40. The number of imide groups is 1. The lowest BCUT2D eigenvalue weighted by molar-refractivity contribution is -0.154. The molecule has 2 bridgehead atoms. The van der Waals surface area contributed by atoms with Crippen LogP contribution in [0.15, 0.2) is 114 Å². The van der Waals surface area contributed by atoms with Crippen LogP contribution in [0, 0.1) is 11.8 Å². The largest absolute Gasteiger partial charge is 0.457 e. The Kier molecular flexibility index (Phi) is 7.46. The summed E-state index contributed by atoms with van der Waals surface area (Å²) in [5.74, 6) is -5.37. The number of hydrogen-bond donors (Lipinski definition) is 0. The number of furan rings is 1. The van der Waals surface area contributed by atoms with Gasteiger partial charge < -0.3 is 9.15 Å². The Labute approximate surface area is 289 Å². The molecule has 1 saturated heterocycles. The molecule has 1 aliphatic heterocycles. The molecule has 9 rings (SSSR count). The van der Waals surface area contributed by atoms with Gasteiger partial charge in [0.2, 0.25) is 5.76 Å². The Morgan fingerprint density at radius 3 is 1.76 bits per heavy atom. The zero-order valence-electron chi connectivity index (χ0n) is 25.4. The Bertz CT molecular complexity index is 2080. The van der Waals surface area contributed by atoms with Gasteiger partial charge in [0.1, 0.15) is 12.3 Å². The van der Waals surface area contributed by atoms with Gasteiger partial charge in [-0.05, 0) is 76.9 Å². The minimum absolute atomic E-state index is 0.0109. The maximum atomic E-state index is 14.5. The number of Topliss-reactive ketones (excluding diaryl/α,β-unsaturated/α-hetero) is 1. The summed E-state index contributed by atoms with van der Waals surface area (Å²) < 4.78 is 10.4. The average molecular weight is 692 g/mol. The number of hydrazine groups is 1. The number of ketones is 1. The standard InChI is InChI=1S/C38H24Cl2N2O7/c39-27-16-13-21(18-28(27)40)35(44)41(19-29(43)20-11-14-22(15-12-20)49-38(47)30-10-5-17-48-30)42-36(45)33-31-23-6-1-2-7-24(23)32(34(33)37(42)46)26-9-4-3-8-25(26)31/h1-18,31-34H,19H2/t31?,32?,33-,34+. The van der Waals surface area contributed by atoms with Gasteiger partial charge in [0, 0.05) is 23.0 Å². The van der Waals surface area contributed by atoms with Crippen molar-refractivity contribution in [2.75, 3.05) is 6.54 Å². The highest BCUT2D eigenvalue weighted by Crippen LogP contribution is 2.61. The molecule has 49 heavy (non-hydrogen) atoms. The lowest BCUT2D eigenvalue weighted by atomic mass is 9.55. The number of ether oxygens (including phenoxy) is 1. The third-order valence-corrected chi connectivity index (χ3v) is 10.2. The molecule has 4 aromatic carbocycles. The van der Waals surface area contributed by atoms with E-state index >= 15 is 0 Å². The van der Waals surface area contributed by atoms with Crippen LogP contribution >= 0.6 is 23.2 Å². The van der Waals surface area contributed by atoms with Crippen molar-refractivity contribution < 1.29 is 33.1 Å². The smallest absolute Gasteiger partial charge is 0.379 e. The van der Waals surface area contributed by atoms with Crippen LogP contribution in [0.1, 0.15) is 65.4 Å². The molecular weight excluding hydrogens is 667 g/mol. The summed E-state index contributed by atoms with van der Waals surface area (Å²) >= 11 is 12.4. The molecule has 3 amide bonds. The van der Waals surface area contributed by atoms with Crippen molar-refractivity contribution in [1.29, 1.82) is 0 Å². The van der Waals surface area contributed by atoms with Gasteiger partial charge in [0.25, 0.3) is 17.7 Å².